The number of benzene rings is 2. The molecule has 2 aromatic rings. The van der Waals surface area contributed by atoms with Gasteiger partial charge < -0.3 is 9.64 Å². The first kappa shape index (κ1) is 17.0. The van der Waals surface area contributed by atoms with Crippen molar-refractivity contribution in [2.75, 3.05) is 20.2 Å². The highest BCUT2D eigenvalue weighted by atomic mass is 16.5. The molecule has 1 saturated heterocycles. The van der Waals surface area contributed by atoms with Crippen LogP contribution in [0.5, 0.6) is 5.75 Å². The van der Waals surface area contributed by atoms with Gasteiger partial charge in [0, 0.05) is 13.1 Å². The number of likely N-dealkylation sites (tertiary alicyclic amines) is 1. The Morgan fingerprint density at radius 1 is 1.16 bits per heavy atom. The fraction of sp³-hybridized carbons (Fsp3) is 0.333. The third-order valence-electron chi connectivity index (χ3n) is 5.00. The van der Waals surface area contributed by atoms with E-state index in [4.69, 9.17) is 4.74 Å². The number of amides is 1. The van der Waals surface area contributed by atoms with E-state index in [0.29, 0.717) is 32.4 Å². The number of hydrogen-bond acceptors (Lipinski definition) is 3. The van der Waals surface area contributed by atoms with Crippen LogP contribution in [0.25, 0.3) is 0 Å². The van der Waals surface area contributed by atoms with Gasteiger partial charge >= 0.3 is 0 Å². The SMILES string of the molecule is COc1cccc(CC(=O)N2CCC(C#N)(c3ccccc3)CC2)c1. The van der Waals surface area contributed by atoms with Gasteiger partial charge in [0.15, 0.2) is 0 Å². The summed E-state index contributed by atoms with van der Waals surface area (Å²) in [4.78, 5) is 14.5. The van der Waals surface area contributed by atoms with Gasteiger partial charge in [-0.05, 0) is 36.1 Å². The lowest BCUT2D eigenvalue weighted by atomic mass is 9.74. The molecule has 0 bridgehead atoms. The van der Waals surface area contributed by atoms with Gasteiger partial charge in [-0.25, -0.2) is 0 Å². The van der Waals surface area contributed by atoms with Crippen molar-refractivity contribution < 1.29 is 9.53 Å². The van der Waals surface area contributed by atoms with Crippen LogP contribution < -0.4 is 4.74 Å². The molecule has 1 amide bonds. The molecule has 0 unspecified atom stereocenters. The Kier molecular flexibility index (Phi) is 5.04. The Morgan fingerprint density at radius 2 is 1.88 bits per heavy atom. The normalized spacial score (nSPS) is 16.1. The number of piperidine rings is 1. The van der Waals surface area contributed by atoms with Crippen molar-refractivity contribution in [2.45, 2.75) is 24.7 Å². The fourth-order valence-electron chi connectivity index (χ4n) is 3.43. The van der Waals surface area contributed by atoms with Crippen molar-refractivity contribution >= 4 is 5.91 Å². The fourth-order valence-corrected chi connectivity index (χ4v) is 3.43. The molecule has 2 aromatic carbocycles. The second-order valence-electron chi connectivity index (χ2n) is 6.47. The van der Waals surface area contributed by atoms with Crippen molar-refractivity contribution in [1.82, 2.24) is 4.90 Å². The van der Waals surface area contributed by atoms with Gasteiger partial charge in [0.1, 0.15) is 5.75 Å². The summed E-state index contributed by atoms with van der Waals surface area (Å²) in [7, 11) is 1.62. The predicted molar refractivity (Wildman–Crippen MR) is 96.2 cm³/mol. The predicted octanol–water partition coefficient (Wildman–Crippen LogP) is 3.32. The van der Waals surface area contributed by atoms with Gasteiger partial charge in [-0.1, -0.05) is 42.5 Å². The first-order valence-electron chi connectivity index (χ1n) is 8.54. The van der Waals surface area contributed by atoms with Crippen LogP contribution >= 0.6 is 0 Å². The summed E-state index contributed by atoms with van der Waals surface area (Å²) < 4.78 is 5.21. The Bertz CT molecular complexity index is 772. The van der Waals surface area contributed by atoms with E-state index in [2.05, 4.69) is 6.07 Å². The largest absolute Gasteiger partial charge is 0.497 e. The molecule has 1 heterocycles. The van der Waals surface area contributed by atoms with Gasteiger partial charge in [-0.15, -0.1) is 0 Å². The summed E-state index contributed by atoms with van der Waals surface area (Å²) in [5.41, 5.74) is 1.52. The second-order valence-corrected chi connectivity index (χ2v) is 6.47. The van der Waals surface area contributed by atoms with Crippen LogP contribution in [-0.4, -0.2) is 31.0 Å². The van der Waals surface area contributed by atoms with E-state index >= 15 is 0 Å². The molecule has 128 valence electrons. The molecule has 1 fully saturated rings. The van der Waals surface area contributed by atoms with E-state index < -0.39 is 5.41 Å². The number of methoxy groups -OCH3 is 1. The number of ether oxygens (including phenoxy) is 1. The summed E-state index contributed by atoms with van der Waals surface area (Å²) in [5, 5.41) is 9.75. The van der Waals surface area contributed by atoms with Gasteiger partial charge in [0.2, 0.25) is 5.91 Å². The summed E-state index contributed by atoms with van der Waals surface area (Å²) >= 11 is 0. The number of nitriles is 1. The maximum atomic E-state index is 12.6. The van der Waals surface area contributed by atoms with Crippen LogP contribution in [0.1, 0.15) is 24.0 Å². The summed E-state index contributed by atoms with van der Waals surface area (Å²) in [6, 6.07) is 20.0. The molecule has 0 aliphatic carbocycles. The van der Waals surface area contributed by atoms with Crippen molar-refractivity contribution in [1.29, 1.82) is 5.26 Å². The standard InChI is InChI=1S/C21H22N2O2/c1-25-19-9-5-6-17(14-19)15-20(24)23-12-10-21(16-22,11-13-23)18-7-3-2-4-8-18/h2-9,14H,10-13,15H2,1H3. The van der Waals surface area contributed by atoms with Gasteiger partial charge in [-0.2, -0.15) is 5.26 Å². The summed E-state index contributed by atoms with van der Waals surface area (Å²) in [6.45, 7) is 1.23. The van der Waals surface area contributed by atoms with E-state index in [0.717, 1.165) is 16.9 Å². The molecule has 25 heavy (non-hydrogen) atoms. The highest BCUT2D eigenvalue weighted by Crippen LogP contribution is 2.35. The Hall–Kier alpha value is -2.80. The molecule has 1 aliphatic heterocycles. The van der Waals surface area contributed by atoms with Crippen molar-refractivity contribution in [2.24, 2.45) is 0 Å². The number of rotatable bonds is 4. The Morgan fingerprint density at radius 3 is 2.52 bits per heavy atom. The molecule has 3 rings (SSSR count). The average molecular weight is 334 g/mol. The lowest BCUT2D eigenvalue weighted by Gasteiger charge is -2.37. The molecule has 0 saturated carbocycles. The minimum atomic E-state index is -0.478. The van der Waals surface area contributed by atoms with Crippen LogP contribution in [0.15, 0.2) is 54.6 Å². The Labute approximate surface area is 148 Å². The molecule has 0 spiro atoms. The van der Waals surface area contributed by atoms with Crippen LogP contribution in [0.4, 0.5) is 0 Å². The number of carbonyl (C=O) groups is 1. The van der Waals surface area contributed by atoms with Crippen molar-refractivity contribution in [3.63, 3.8) is 0 Å². The lowest BCUT2D eigenvalue weighted by molar-refractivity contribution is -0.131. The molecule has 0 N–H and O–H groups in total. The number of nitrogens with zero attached hydrogens (tertiary/aromatic N) is 2. The van der Waals surface area contributed by atoms with Crippen LogP contribution in [0, 0.1) is 11.3 Å². The molecule has 4 heteroatoms. The second kappa shape index (κ2) is 7.40. The minimum absolute atomic E-state index is 0.104. The highest BCUT2D eigenvalue weighted by Gasteiger charge is 2.37. The van der Waals surface area contributed by atoms with E-state index in [9.17, 15) is 10.1 Å². The quantitative estimate of drug-likeness (QED) is 0.862. The topological polar surface area (TPSA) is 53.3 Å². The summed E-state index contributed by atoms with van der Waals surface area (Å²) in [5.74, 6) is 0.865. The third kappa shape index (κ3) is 3.66. The van der Waals surface area contributed by atoms with Gasteiger partial charge in [-0.3, -0.25) is 4.79 Å². The molecule has 1 aliphatic rings. The first-order valence-corrected chi connectivity index (χ1v) is 8.54. The van der Waals surface area contributed by atoms with Crippen LogP contribution in [-0.2, 0) is 16.6 Å². The number of hydrogen-bond donors (Lipinski definition) is 0. The average Bonchev–Trinajstić information content (AvgIpc) is 2.69. The van der Waals surface area contributed by atoms with E-state index in [1.165, 1.54) is 0 Å². The zero-order valence-electron chi connectivity index (χ0n) is 14.4. The molecule has 0 aromatic heterocycles. The minimum Gasteiger partial charge on any atom is -0.497 e. The zero-order valence-corrected chi connectivity index (χ0v) is 14.4. The zero-order chi connectivity index (χ0) is 17.7. The highest BCUT2D eigenvalue weighted by molar-refractivity contribution is 5.79. The first-order chi connectivity index (χ1) is 12.2. The maximum absolute atomic E-state index is 12.6. The van der Waals surface area contributed by atoms with Crippen molar-refractivity contribution in [3.05, 3.63) is 65.7 Å². The summed E-state index contributed by atoms with van der Waals surface area (Å²) in [6.07, 6.45) is 1.72. The smallest absolute Gasteiger partial charge is 0.226 e. The molecular formula is C21H22N2O2. The third-order valence-corrected chi connectivity index (χ3v) is 5.00. The number of carbonyl (C=O) groups excluding carboxylic acids is 1. The molecule has 0 atom stereocenters. The van der Waals surface area contributed by atoms with E-state index in [1.54, 1.807) is 7.11 Å². The molecular weight excluding hydrogens is 312 g/mol. The van der Waals surface area contributed by atoms with Gasteiger partial charge in [0.05, 0.1) is 25.0 Å². The molecule has 4 nitrogen and oxygen atoms in total. The van der Waals surface area contributed by atoms with E-state index in [-0.39, 0.29) is 5.91 Å². The van der Waals surface area contributed by atoms with Gasteiger partial charge in [0.25, 0.3) is 0 Å². The lowest BCUT2D eigenvalue weighted by Crippen LogP contribution is -2.45. The van der Waals surface area contributed by atoms with Crippen LogP contribution in [0.2, 0.25) is 0 Å². The van der Waals surface area contributed by atoms with Crippen LogP contribution in [0.3, 0.4) is 0 Å². The monoisotopic (exact) mass is 334 g/mol. The van der Waals surface area contributed by atoms with Crippen molar-refractivity contribution in [3.8, 4) is 11.8 Å². The maximum Gasteiger partial charge on any atom is 0.226 e. The Balaban J connectivity index is 1.65. The molecule has 0 radical (unpaired) electrons. The van der Waals surface area contributed by atoms with E-state index in [1.807, 2.05) is 59.5 Å².